The zero-order valence-electron chi connectivity index (χ0n) is 48.5. The third-order valence-electron chi connectivity index (χ3n) is 12.8. The Kier molecular flexibility index (Phi) is 55.3. The number of phosphoric ester groups is 1. The van der Waals surface area contributed by atoms with Crippen LogP contribution in [0.15, 0.2) is 85.1 Å². The van der Waals surface area contributed by atoms with E-state index in [-0.39, 0.29) is 25.9 Å². The molecule has 2 N–H and O–H groups in total. The lowest BCUT2D eigenvalue weighted by Crippen LogP contribution is -2.30. The van der Waals surface area contributed by atoms with Gasteiger partial charge >= 0.3 is 25.7 Å². The molecule has 3 atom stereocenters. The van der Waals surface area contributed by atoms with Crippen molar-refractivity contribution in [1.82, 2.24) is 0 Å². The van der Waals surface area contributed by atoms with Crippen LogP contribution in [0.1, 0.15) is 265 Å². The first kappa shape index (κ1) is 72.7. The molecule has 0 heterocycles. The largest absolute Gasteiger partial charge is 0.472 e. The summed E-state index contributed by atoms with van der Waals surface area (Å²) in [6, 6.07) is 0. The first-order valence-electron chi connectivity index (χ1n) is 30.5. The number of rotatable bonds is 56. The summed E-state index contributed by atoms with van der Waals surface area (Å²) >= 11 is 0. The molecule has 0 bridgehead atoms. The maximum atomic E-state index is 12.9. The molecule has 0 amide bonds. The van der Waals surface area contributed by atoms with Crippen molar-refractivity contribution in [2.75, 3.05) is 26.4 Å². The van der Waals surface area contributed by atoms with Gasteiger partial charge in [-0.25, -0.2) is 4.57 Å². The van der Waals surface area contributed by atoms with Crippen molar-refractivity contribution in [2.24, 2.45) is 0 Å². The molecule has 0 radical (unpaired) electrons. The van der Waals surface area contributed by atoms with Crippen LogP contribution in [0, 0.1) is 0 Å². The van der Waals surface area contributed by atoms with Crippen molar-refractivity contribution in [3.8, 4) is 0 Å². The van der Waals surface area contributed by atoms with Crippen LogP contribution < -0.4 is 0 Å². The van der Waals surface area contributed by atoms with E-state index in [2.05, 4.69) is 93.7 Å². The minimum Gasteiger partial charge on any atom is -0.462 e. The lowest BCUT2D eigenvalue weighted by Gasteiger charge is -2.21. The fourth-order valence-corrected chi connectivity index (χ4v) is 8.99. The monoisotopic (exact) mass is 1090 g/mol. The molecule has 0 saturated carbocycles. The highest BCUT2D eigenvalue weighted by atomic mass is 31.2. The van der Waals surface area contributed by atoms with Crippen LogP contribution in [0.2, 0.25) is 0 Å². The summed E-state index contributed by atoms with van der Waals surface area (Å²) in [5.74, 6) is -1.56. The third-order valence-corrected chi connectivity index (χ3v) is 13.8. The summed E-state index contributed by atoms with van der Waals surface area (Å²) in [6.07, 6.45) is 67.0. The van der Waals surface area contributed by atoms with Gasteiger partial charge in [0.1, 0.15) is 12.7 Å². The van der Waals surface area contributed by atoms with Crippen molar-refractivity contribution >= 4 is 25.7 Å². The molecule has 0 spiro atoms. The minimum atomic E-state index is -4.77. The van der Waals surface area contributed by atoms with Gasteiger partial charge in [-0.2, -0.15) is 0 Å². The molecule has 0 aliphatic heterocycles. The van der Waals surface area contributed by atoms with Crippen molar-refractivity contribution in [3.05, 3.63) is 85.1 Å². The number of hydrogen-bond acceptors (Lipinski definition) is 10. The Bertz CT molecular complexity index is 1600. The standard InChI is InChI=1S/C64H111O11P/c1-4-7-10-13-16-19-22-24-26-28-30-32-34-36-39-42-45-48-51-54-63(67)74-60(56-65)58-72-76(69,70)73-59-61(57-71-62(66)53-50-47-44-41-38-21-18-15-12-9-6-3)75-64(68)55-52-49-46-43-40-37-35-33-31-29-27-25-23-20-17-14-11-8-5-2/h8,11,17,20,24-27,31,33,37,40,46,49,60-61,65H,4-7,9-10,12-16,18-19,21-23,28-30,32,34-36,38-39,41-45,47-48,50-59H2,1-3H3,(H,69,70)/b11-8-,20-17-,26-24-,27-25-,33-31-,40-37-,49-46-. The van der Waals surface area contributed by atoms with Crippen LogP contribution in [-0.4, -0.2) is 66.5 Å². The molecule has 0 rings (SSSR count). The van der Waals surface area contributed by atoms with Crippen LogP contribution in [-0.2, 0) is 42.2 Å². The lowest BCUT2D eigenvalue weighted by molar-refractivity contribution is -0.161. The quantitative estimate of drug-likeness (QED) is 0.0197. The number of carbonyl (C=O) groups is 3. The highest BCUT2D eigenvalue weighted by Gasteiger charge is 2.28. The third kappa shape index (κ3) is 55.4. The summed E-state index contributed by atoms with van der Waals surface area (Å²) in [5.41, 5.74) is 0. The second-order valence-electron chi connectivity index (χ2n) is 20.1. The number of ether oxygens (including phenoxy) is 3. The smallest absolute Gasteiger partial charge is 0.462 e. The Morgan fingerprint density at radius 1 is 0.382 bits per heavy atom. The highest BCUT2D eigenvalue weighted by molar-refractivity contribution is 7.47. The van der Waals surface area contributed by atoms with E-state index in [1.54, 1.807) is 0 Å². The molecule has 0 saturated heterocycles. The number of unbranched alkanes of at least 4 members (excludes halogenated alkanes) is 25. The lowest BCUT2D eigenvalue weighted by atomic mass is 10.1. The number of allylic oxidation sites excluding steroid dienone is 14. The predicted octanol–water partition coefficient (Wildman–Crippen LogP) is 18.3. The van der Waals surface area contributed by atoms with Crippen LogP contribution >= 0.6 is 7.82 Å². The van der Waals surface area contributed by atoms with Crippen LogP contribution in [0.3, 0.4) is 0 Å². The van der Waals surface area contributed by atoms with E-state index < -0.39 is 57.8 Å². The predicted molar refractivity (Wildman–Crippen MR) is 316 cm³/mol. The van der Waals surface area contributed by atoms with E-state index in [1.807, 2.05) is 12.2 Å². The normalized spacial score (nSPS) is 13.9. The van der Waals surface area contributed by atoms with Gasteiger partial charge in [-0.1, -0.05) is 247 Å². The van der Waals surface area contributed by atoms with Gasteiger partial charge in [0, 0.05) is 19.3 Å². The van der Waals surface area contributed by atoms with Crippen LogP contribution in [0.5, 0.6) is 0 Å². The maximum Gasteiger partial charge on any atom is 0.472 e. The molecule has 0 aromatic rings. The molecule has 0 fully saturated rings. The van der Waals surface area contributed by atoms with Crippen molar-refractivity contribution < 1.29 is 52.2 Å². The molecule has 0 aromatic carbocycles. The zero-order chi connectivity index (χ0) is 55.5. The topological polar surface area (TPSA) is 155 Å². The molecular formula is C64H111O11P. The number of carbonyl (C=O) groups excluding carboxylic acids is 3. The Morgan fingerprint density at radius 3 is 1.13 bits per heavy atom. The first-order valence-corrected chi connectivity index (χ1v) is 32.0. The van der Waals surface area contributed by atoms with E-state index in [9.17, 15) is 28.9 Å². The summed E-state index contributed by atoms with van der Waals surface area (Å²) in [4.78, 5) is 48.5. The van der Waals surface area contributed by atoms with Gasteiger partial charge in [0.2, 0.25) is 0 Å². The molecule has 438 valence electrons. The van der Waals surface area contributed by atoms with Gasteiger partial charge in [0.15, 0.2) is 6.10 Å². The van der Waals surface area contributed by atoms with E-state index in [0.717, 1.165) is 70.6 Å². The molecule has 0 aliphatic rings. The summed E-state index contributed by atoms with van der Waals surface area (Å²) in [6.45, 7) is 4.45. The van der Waals surface area contributed by atoms with Gasteiger partial charge in [-0.3, -0.25) is 23.4 Å². The van der Waals surface area contributed by atoms with Crippen molar-refractivity contribution in [1.29, 1.82) is 0 Å². The van der Waals surface area contributed by atoms with E-state index in [4.69, 9.17) is 23.3 Å². The highest BCUT2D eigenvalue weighted by Crippen LogP contribution is 2.43. The Labute approximate surface area is 464 Å². The SMILES string of the molecule is CC/C=C\C/C=C\C/C=C\C/C=C\C/C=C\C/C=C\CCC(=O)OC(COC(=O)CCCCCCCCCCCCC)COP(=O)(O)OCC(CO)OC(=O)CCCCCCCCCCC/C=C\CCCCCCCC. The number of aliphatic hydroxyl groups excluding tert-OH is 1. The molecule has 11 nitrogen and oxygen atoms in total. The molecule has 0 aromatic heterocycles. The van der Waals surface area contributed by atoms with Gasteiger partial charge in [-0.15, -0.1) is 0 Å². The van der Waals surface area contributed by atoms with Gasteiger partial charge < -0.3 is 24.2 Å². The van der Waals surface area contributed by atoms with E-state index >= 15 is 0 Å². The molecule has 3 unspecified atom stereocenters. The average molecular weight is 1090 g/mol. The second kappa shape index (κ2) is 57.8. The Morgan fingerprint density at radius 2 is 0.711 bits per heavy atom. The fourth-order valence-electron chi connectivity index (χ4n) is 8.20. The summed E-state index contributed by atoms with van der Waals surface area (Å²) < 4.78 is 39.5. The first-order chi connectivity index (χ1) is 37.2. The number of phosphoric acid groups is 1. The zero-order valence-corrected chi connectivity index (χ0v) is 49.3. The second-order valence-corrected chi connectivity index (χ2v) is 21.6. The minimum absolute atomic E-state index is 0.0417. The van der Waals surface area contributed by atoms with Gasteiger partial charge in [0.05, 0.1) is 19.8 Å². The maximum absolute atomic E-state index is 12.9. The number of hydrogen-bond donors (Lipinski definition) is 2. The molecular weight excluding hydrogens is 976 g/mol. The summed E-state index contributed by atoms with van der Waals surface area (Å²) in [5, 5.41) is 9.84. The average Bonchev–Trinajstić information content (AvgIpc) is 3.41. The van der Waals surface area contributed by atoms with Gasteiger partial charge in [0.25, 0.3) is 0 Å². The van der Waals surface area contributed by atoms with E-state index in [1.165, 1.54) is 128 Å². The van der Waals surface area contributed by atoms with E-state index in [0.29, 0.717) is 25.7 Å². The van der Waals surface area contributed by atoms with Gasteiger partial charge in [-0.05, 0) is 83.5 Å². The number of aliphatic hydroxyl groups is 1. The van der Waals surface area contributed by atoms with Crippen molar-refractivity contribution in [2.45, 2.75) is 277 Å². The molecule has 12 heteroatoms. The molecule has 0 aliphatic carbocycles. The van der Waals surface area contributed by atoms with Crippen LogP contribution in [0.4, 0.5) is 0 Å². The molecule has 76 heavy (non-hydrogen) atoms. The van der Waals surface area contributed by atoms with Crippen molar-refractivity contribution in [3.63, 3.8) is 0 Å². The fraction of sp³-hybridized carbons (Fsp3) is 0.734. The number of esters is 3. The van der Waals surface area contributed by atoms with Crippen LogP contribution in [0.25, 0.3) is 0 Å². The summed E-state index contributed by atoms with van der Waals surface area (Å²) in [7, 11) is -4.77. The Balaban J connectivity index is 4.72. The Hall–Kier alpha value is -3.34.